The molecule has 7 nitrogen and oxygen atoms in total. The topological polar surface area (TPSA) is 90.3 Å². The maximum atomic E-state index is 13.1. The summed E-state index contributed by atoms with van der Waals surface area (Å²) in [5.41, 5.74) is -3.00. The van der Waals surface area contributed by atoms with E-state index in [0.717, 1.165) is 29.9 Å². The molecule has 1 saturated carbocycles. The third-order valence-electron chi connectivity index (χ3n) is 5.00. The van der Waals surface area contributed by atoms with Gasteiger partial charge in [0.25, 0.3) is 5.69 Å². The van der Waals surface area contributed by atoms with Gasteiger partial charge in [-0.25, -0.2) is 9.36 Å². The van der Waals surface area contributed by atoms with Crippen LogP contribution in [0.1, 0.15) is 42.5 Å². The number of nitro benzene ring substituents is 1. The van der Waals surface area contributed by atoms with Crippen molar-refractivity contribution in [1.82, 2.24) is 9.13 Å². The number of nitrogens with zero attached hydrogens (tertiary/aromatic N) is 3. The number of imidazole rings is 1. The van der Waals surface area contributed by atoms with E-state index in [-0.39, 0.29) is 23.5 Å². The third kappa shape index (κ3) is 2.09. The number of aromatic hydroxyl groups is 1. The minimum absolute atomic E-state index is 0.0130. The van der Waals surface area contributed by atoms with E-state index in [1.165, 1.54) is 4.57 Å². The van der Waals surface area contributed by atoms with Crippen LogP contribution in [0.15, 0.2) is 23.0 Å². The second-order valence-electron chi connectivity index (χ2n) is 6.32. The van der Waals surface area contributed by atoms with Crippen LogP contribution in [-0.4, -0.2) is 19.2 Å². The summed E-state index contributed by atoms with van der Waals surface area (Å²) in [5.74, 6) is -0.377. The van der Waals surface area contributed by atoms with E-state index in [2.05, 4.69) is 0 Å². The lowest BCUT2D eigenvalue weighted by atomic mass is 10.1. The number of aromatic nitrogens is 2. The van der Waals surface area contributed by atoms with Crippen molar-refractivity contribution in [1.29, 1.82) is 0 Å². The van der Waals surface area contributed by atoms with E-state index >= 15 is 0 Å². The summed E-state index contributed by atoms with van der Waals surface area (Å²) in [7, 11) is 0. The molecular weight excluding hydrogens is 343 g/mol. The molecule has 1 fully saturated rings. The highest BCUT2D eigenvalue weighted by Crippen LogP contribution is 2.51. The molecule has 25 heavy (non-hydrogen) atoms. The first kappa shape index (κ1) is 15.7. The second kappa shape index (κ2) is 4.87. The summed E-state index contributed by atoms with van der Waals surface area (Å²) >= 11 is 0. The molecule has 2 heterocycles. The first-order valence-electron chi connectivity index (χ1n) is 7.62. The first-order valence-corrected chi connectivity index (χ1v) is 7.62. The Morgan fingerprint density at radius 2 is 2.00 bits per heavy atom. The standard InChI is InChI=1S/C15H12F3N3O4/c16-15(17,18)10-6-9(3-4-11(10)21(24)25)20-13(22)12-7-1-2-8(5-7)19(12)14(20)23/h3-4,6-8,22H,1-2,5H2. The summed E-state index contributed by atoms with van der Waals surface area (Å²) in [6.07, 6.45) is -2.61. The molecule has 2 atom stereocenters. The quantitative estimate of drug-likeness (QED) is 0.662. The van der Waals surface area contributed by atoms with Crippen LogP contribution in [0.5, 0.6) is 5.88 Å². The predicted molar refractivity (Wildman–Crippen MR) is 79.0 cm³/mol. The molecule has 4 rings (SSSR count). The normalized spacial score (nSPS) is 21.6. The zero-order valence-corrected chi connectivity index (χ0v) is 12.7. The largest absolute Gasteiger partial charge is 0.493 e. The lowest BCUT2D eigenvalue weighted by molar-refractivity contribution is -0.388. The van der Waals surface area contributed by atoms with Crippen LogP contribution in [0, 0.1) is 10.1 Å². The van der Waals surface area contributed by atoms with Gasteiger partial charge >= 0.3 is 11.9 Å². The molecule has 0 spiro atoms. The van der Waals surface area contributed by atoms with Gasteiger partial charge in [-0.15, -0.1) is 0 Å². The van der Waals surface area contributed by atoms with Crippen molar-refractivity contribution in [3.63, 3.8) is 0 Å². The Balaban J connectivity index is 1.93. The minimum atomic E-state index is -4.96. The fourth-order valence-corrected chi connectivity index (χ4v) is 3.98. The summed E-state index contributed by atoms with van der Waals surface area (Å²) in [6.45, 7) is 0. The summed E-state index contributed by atoms with van der Waals surface area (Å²) in [5, 5.41) is 21.2. The van der Waals surface area contributed by atoms with E-state index in [9.17, 15) is 33.2 Å². The number of halogens is 3. The molecular formula is C15H12F3N3O4. The predicted octanol–water partition coefficient (Wildman–Crippen LogP) is 3.09. The van der Waals surface area contributed by atoms with Crippen LogP contribution >= 0.6 is 0 Å². The highest BCUT2D eigenvalue weighted by atomic mass is 19.4. The Morgan fingerprint density at radius 1 is 1.28 bits per heavy atom. The number of benzene rings is 1. The molecule has 1 aliphatic carbocycles. The molecule has 1 N–H and O–H groups in total. The van der Waals surface area contributed by atoms with Crippen molar-refractivity contribution in [2.24, 2.45) is 0 Å². The van der Waals surface area contributed by atoms with Gasteiger partial charge in [-0.2, -0.15) is 13.2 Å². The lowest BCUT2D eigenvalue weighted by Crippen LogP contribution is -2.25. The van der Waals surface area contributed by atoms with Crippen LogP contribution in [0.4, 0.5) is 18.9 Å². The minimum Gasteiger partial charge on any atom is -0.493 e. The second-order valence-corrected chi connectivity index (χ2v) is 6.32. The van der Waals surface area contributed by atoms with Gasteiger partial charge in [0, 0.05) is 18.0 Å². The molecule has 0 saturated heterocycles. The summed E-state index contributed by atoms with van der Waals surface area (Å²) < 4.78 is 41.6. The van der Waals surface area contributed by atoms with Crippen LogP contribution in [0.25, 0.3) is 5.69 Å². The van der Waals surface area contributed by atoms with Gasteiger partial charge in [-0.3, -0.25) is 14.7 Å². The average Bonchev–Trinajstić information content (AvgIpc) is 3.20. The Morgan fingerprint density at radius 3 is 2.60 bits per heavy atom. The van der Waals surface area contributed by atoms with Crippen molar-refractivity contribution in [3.05, 3.63) is 50.1 Å². The van der Waals surface area contributed by atoms with E-state index in [4.69, 9.17) is 0 Å². The molecule has 10 heteroatoms. The maximum absolute atomic E-state index is 13.1. The molecule has 1 aromatic heterocycles. The van der Waals surface area contributed by atoms with Crippen LogP contribution < -0.4 is 5.69 Å². The zero-order valence-electron chi connectivity index (χ0n) is 12.7. The number of nitro groups is 1. The number of hydrogen-bond acceptors (Lipinski definition) is 4. The summed E-state index contributed by atoms with van der Waals surface area (Å²) in [4.78, 5) is 22.3. The molecule has 2 aromatic rings. The highest BCUT2D eigenvalue weighted by molar-refractivity contribution is 5.52. The lowest BCUT2D eigenvalue weighted by Gasteiger charge is -2.11. The van der Waals surface area contributed by atoms with Gasteiger partial charge in [0.15, 0.2) is 0 Å². The average molecular weight is 355 g/mol. The molecule has 0 radical (unpaired) electrons. The number of alkyl halides is 3. The van der Waals surface area contributed by atoms with Crippen LogP contribution in [-0.2, 0) is 6.18 Å². The number of fused-ring (bicyclic) bond motifs is 5. The van der Waals surface area contributed by atoms with Crippen LogP contribution in [0.3, 0.4) is 0 Å². The van der Waals surface area contributed by atoms with Crippen molar-refractivity contribution in [2.45, 2.75) is 37.4 Å². The van der Waals surface area contributed by atoms with Gasteiger partial charge in [0.2, 0.25) is 5.88 Å². The Labute approximate surface area is 138 Å². The molecule has 132 valence electrons. The Bertz CT molecular complexity index is 960. The van der Waals surface area contributed by atoms with Crippen molar-refractivity contribution >= 4 is 5.69 Å². The molecule has 2 aliphatic rings. The van der Waals surface area contributed by atoms with E-state index in [1.54, 1.807) is 0 Å². The van der Waals surface area contributed by atoms with Gasteiger partial charge in [0.05, 0.1) is 16.3 Å². The number of rotatable bonds is 2. The zero-order chi connectivity index (χ0) is 18.1. The molecule has 2 unspecified atom stereocenters. The fourth-order valence-electron chi connectivity index (χ4n) is 3.98. The van der Waals surface area contributed by atoms with Gasteiger partial charge < -0.3 is 5.11 Å². The third-order valence-corrected chi connectivity index (χ3v) is 5.00. The maximum Gasteiger partial charge on any atom is 0.423 e. The van der Waals surface area contributed by atoms with Gasteiger partial charge in [-0.05, 0) is 31.4 Å². The highest BCUT2D eigenvalue weighted by Gasteiger charge is 2.43. The number of hydrogen-bond donors (Lipinski definition) is 1. The molecule has 2 bridgehead atoms. The van der Waals surface area contributed by atoms with E-state index in [0.29, 0.717) is 17.8 Å². The van der Waals surface area contributed by atoms with Crippen molar-refractivity contribution in [3.8, 4) is 11.6 Å². The van der Waals surface area contributed by atoms with Gasteiger partial charge in [0.1, 0.15) is 5.56 Å². The molecule has 1 aliphatic heterocycles. The summed E-state index contributed by atoms with van der Waals surface area (Å²) in [6, 6.07) is 2.20. The molecule has 1 aromatic carbocycles. The van der Waals surface area contributed by atoms with E-state index < -0.39 is 28.0 Å². The monoisotopic (exact) mass is 355 g/mol. The van der Waals surface area contributed by atoms with Crippen LogP contribution in [0.2, 0.25) is 0 Å². The molecule has 0 amide bonds. The van der Waals surface area contributed by atoms with Crippen molar-refractivity contribution < 1.29 is 23.2 Å². The van der Waals surface area contributed by atoms with Crippen molar-refractivity contribution in [2.75, 3.05) is 0 Å². The Hall–Kier alpha value is -2.78. The van der Waals surface area contributed by atoms with Gasteiger partial charge in [-0.1, -0.05) is 0 Å². The SMILES string of the molecule is O=c1n(-c2ccc([N+](=O)[O-])c(C(F)(F)F)c2)c(O)c2n1C1CCC2C1. The first-order chi connectivity index (χ1) is 11.7. The smallest absolute Gasteiger partial charge is 0.423 e. The fraction of sp³-hybridized carbons (Fsp3) is 0.400. The Kier molecular flexibility index (Phi) is 3.06. The van der Waals surface area contributed by atoms with E-state index in [1.807, 2.05) is 0 Å².